The van der Waals surface area contributed by atoms with Crippen molar-refractivity contribution < 1.29 is 4.74 Å². The summed E-state index contributed by atoms with van der Waals surface area (Å²) in [5.41, 5.74) is 0.199. The van der Waals surface area contributed by atoms with E-state index in [4.69, 9.17) is 4.74 Å². The van der Waals surface area contributed by atoms with E-state index >= 15 is 0 Å². The van der Waals surface area contributed by atoms with Gasteiger partial charge in [-0.25, -0.2) is 0 Å². The van der Waals surface area contributed by atoms with Crippen LogP contribution in [-0.4, -0.2) is 25.3 Å². The van der Waals surface area contributed by atoms with Gasteiger partial charge in [0.2, 0.25) is 0 Å². The summed E-state index contributed by atoms with van der Waals surface area (Å²) < 4.78 is 5.32. The predicted molar refractivity (Wildman–Crippen MR) is 53.5 cm³/mol. The second-order valence-electron chi connectivity index (χ2n) is 4.28. The van der Waals surface area contributed by atoms with E-state index in [1.165, 1.54) is 6.42 Å². The normalized spacial score (nSPS) is 14.8. The molecule has 0 spiro atoms. The Kier molecular flexibility index (Phi) is 5.51. The summed E-state index contributed by atoms with van der Waals surface area (Å²) in [5.74, 6) is 0. The molecule has 0 amide bonds. The Morgan fingerprint density at radius 2 is 1.92 bits per heavy atom. The molecule has 0 heterocycles. The Hall–Kier alpha value is -0.0800. The van der Waals surface area contributed by atoms with Crippen LogP contribution < -0.4 is 5.32 Å². The second-order valence-corrected chi connectivity index (χ2v) is 4.28. The molecule has 0 aliphatic carbocycles. The third-order valence-electron chi connectivity index (χ3n) is 1.80. The number of hydrogen-bond acceptors (Lipinski definition) is 2. The van der Waals surface area contributed by atoms with E-state index in [9.17, 15) is 0 Å². The third-order valence-corrected chi connectivity index (χ3v) is 1.80. The molecule has 0 radical (unpaired) electrons. The molecular weight excluding hydrogens is 150 g/mol. The molecule has 12 heavy (non-hydrogen) atoms. The molecule has 1 unspecified atom stereocenters. The Bertz CT molecular complexity index is 107. The van der Waals surface area contributed by atoms with E-state index in [1.807, 2.05) is 0 Å². The standard InChI is InChI=1S/C10H23NO/c1-6-7-9(12-5)8-11-10(2,3)4/h9,11H,6-8H2,1-5H3. The molecule has 0 bridgehead atoms. The first-order valence-corrected chi connectivity index (χ1v) is 4.77. The van der Waals surface area contributed by atoms with Gasteiger partial charge in [0.1, 0.15) is 0 Å². The first-order chi connectivity index (χ1) is 5.49. The highest BCUT2D eigenvalue weighted by Gasteiger charge is 2.12. The van der Waals surface area contributed by atoms with Crippen LogP contribution in [0.25, 0.3) is 0 Å². The lowest BCUT2D eigenvalue weighted by Gasteiger charge is -2.24. The Morgan fingerprint density at radius 3 is 2.25 bits per heavy atom. The minimum Gasteiger partial charge on any atom is -0.380 e. The van der Waals surface area contributed by atoms with Crippen LogP contribution in [0.15, 0.2) is 0 Å². The van der Waals surface area contributed by atoms with Gasteiger partial charge in [0.15, 0.2) is 0 Å². The fourth-order valence-corrected chi connectivity index (χ4v) is 1.05. The average molecular weight is 173 g/mol. The molecule has 0 rings (SSSR count). The maximum Gasteiger partial charge on any atom is 0.0695 e. The quantitative estimate of drug-likeness (QED) is 0.688. The molecule has 0 fully saturated rings. The van der Waals surface area contributed by atoms with Crippen molar-refractivity contribution in [1.82, 2.24) is 5.32 Å². The first-order valence-electron chi connectivity index (χ1n) is 4.77. The summed E-state index contributed by atoms with van der Waals surface area (Å²) in [6.07, 6.45) is 2.69. The summed E-state index contributed by atoms with van der Waals surface area (Å²) in [5, 5.41) is 3.43. The maximum absolute atomic E-state index is 5.32. The number of rotatable bonds is 5. The van der Waals surface area contributed by atoms with Gasteiger partial charge >= 0.3 is 0 Å². The smallest absolute Gasteiger partial charge is 0.0695 e. The molecule has 2 heteroatoms. The van der Waals surface area contributed by atoms with Crippen molar-refractivity contribution in [3.63, 3.8) is 0 Å². The number of ether oxygens (including phenoxy) is 1. The fraction of sp³-hybridized carbons (Fsp3) is 1.00. The van der Waals surface area contributed by atoms with Crippen molar-refractivity contribution in [3.05, 3.63) is 0 Å². The Labute approximate surface area is 76.7 Å². The molecule has 2 nitrogen and oxygen atoms in total. The maximum atomic E-state index is 5.32. The van der Waals surface area contributed by atoms with Crippen LogP contribution in [-0.2, 0) is 4.74 Å². The monoisotopic (exact) mass is 173 g/mol. The van der Waals surface area contributed by atoms with Crippen LogP contribution in [0.3, 0.4) is 0 Å². The molecule has 0 aliphatic heterocycles. The van der Waals surface area contributed by atoms with Gasteiger partial charge in [-0.3, -0.25) is 0 Å². The van der Waals surface area contributed by atoms with Crippen molar-refractivity contribution >= 4 is 0 Å². The van der Waals surface area contributed by atoms with Gasteiger partial charge in [-0.05, 0) is 27.2 Å². The van der Waals surface area contributed by atoms with Gasteiger partial charge in [-0.2, -0.15) is 0 Å². The zero-order valence-electron chi connectivity index (χ0n) is 9.11. The first kappa shape index (κ1) is 11.9. The molecular formula is C10H23NO. The highest BCUT2D eigenvalue weighted by atomic mass is 16.5. The number of nitrogens with one attached hydrogen (secondary N) is 1. The third kappa shape index (κ3) is 6.62. The fourth-order valence-electron chi connectivity index (χ4n) is 1.05. The topological polar surface area (TPSA) is 21.3 Å². The summed E-state index contributed by atoms with van der Waals surface area (Å²) >= 11 is 0. The molecule has 74 valence electrons. The van der Waals surface area contributed by atoms with E-state index in [0.717, 1.165) is 13.0 Å². The van der Waals surface area contributed by atoms with Crippen LogP contribution >= 0.6 is 0 Å². The zero-order valence-corrected chi connectivity index (χ0v) is 9.11. The number of methoxy groups -OCH3 is 1. The molecule has 1 atom stereocenters. The van der Waals surface area contributed by atoms with Crippen molar-refractivity contribution in [2.75, 3.05) is 13.7 Å². The van der Waals surface area contributed by atoms with E-state index in [2.05, 4.69) is 33.0 Å². The minimum atomic E-state index is 0.199. The van der Waals surface area contributed by atoms with Crippen LogP contribution in [0.5, 0.6) is 0 Å². The van der Waals surface area contributed by atoms with Gasteiger partial charge in [-0.1, -0.05) is 13.3 Å². The Balaban J connectivity index is 3.58. The molecule has 0 aromatic rings. The largest absolute Gasteiger partial charge is 0.380 e. The van der Waals surface area contributed by atoms with Crippen LogP contribution in [0.1, 0.15) is 40.5 Å². The van der Waals surface area contributed by atoms with Gasteiger partial charge in [-0.15, -0.1) is 0 Å². The van der Waals surface area contributed by atoms with E-state index < -0.39 is 0 Å². The summed E-state index contributed by atoms with van der Waals surface area (Å²) in [4.78, 5) is 0. The summed E-state index contributed by atoms with van der Waals surface area (Å²) in [6.45, 7) is 9.65. The van der Waals surface area contributed by atoms with Crippen molar-refractivity contribution in [2.45, 2.75) is 52.2 Å². The Morgan fingerprint density at radius 1 is 1.33 bits per heavy atom. The van der Waals surface area contributed by atoms with Crippen LogP contribution in [0.2, 0.25) is 0 Å². The zero-order chi connectivity index (χ0) is 9.61. The van der Waals surface area contributed by atoms with Gasteiger partial charge in [0.25, 0.3) is 0 Å². The average Bonchev–Trinajstić information content (AvgIpc) is 1.96. The lowest BCUT2D eigenvalue weighted by Crippen LogP contribution is -2.41. The second kappa shape index (κ2) is 5.55. The highest BCUT2D eigenvalue weighted by Crippen LogP contribution is 2.03. The molecule has 1 N–H and O–H groups in total. The molecule has 0 saturated carbocycles. The van der Waals surface area contributed by atoms with E-state index in [0.29, 0.717) is 6.10 Å². The summed E-state index contributed by atoms with van der Waals surface area (Å²) in [6, 6.07) is 0. The lowest BCUT2D eigenvalue weighted by atomic mass is 10.1. The lowest BCUT2D eigenvalue weighted by molar-refractivity contribution is 0.0879. The van der Waals surface area contributed by atoms with E-state index in [-0.39, 0.29) is 5.54 Å². The van der Waals surface area contributed by atoms with Gasteiger partial charge in [0, 0.05) is 19.2 Å². The SMILES string of the molecule is CCCC(CNC(C)(C)C)OC. The minimum absolute atomic E-state index is 0.199. The van der Waals surface area contributed by atoms with E-state index in [1.54, 1.807) is 7.11 Å². The molecule has 0 aliphatic rings. The summed E-state index contributed by atoms with van der Waals surface area (Å²) in [7, 11) is 1.78. The predicted octanol–water partition coefficient (Wildman–Crippen LogP) is 2.19. The van der Waals surface area contributed by atoms with Crippen molar-refractivity contribution in [1.29, 1.82) is 0 Å². The molecule has 0 aromatic carbocycles. The molecule has 0 aromatic heterocycles. The van der Waals surface area contributed by atoms with Crippen molar-refractivity contribution in [2.24, 2.45) is 0 Å². The van der Waals surface area contributed by atoms with Gasteiger partial charge in [0.05, 0.1) is 6.10 Å². The molecule has 0 saturated heterocycles. The van der Waals surface area contributed by atoms with Crippen molar-refractivity contribution in [3.8, 4) is 0 Å². The number of hydrogen-bond donors (Lipinski definition) is 1. The highest BCUT2D eigenvalue weighted by molar-refractivity contribution is 4.73. The van der Waals surface area contributed by atoms with Crippen LogP contribution in [0.4, 0.5) is 0 Å². The van der Waals surface area contributed by atoms with Crippen LogP contribution in [0, 0.1) is 0 Å². The van der Waals surface area contributed by atoms with Gasteiger partial charge < -0.3 is 10.1 Å².